The summed E-state index contributed by atoms with van der Waals surface area (Å²) in [7, 11) is 0. The van der Waals surface area contributed by atoms with Crippen molar-refractivity contribution in [3.63, 3.8) is 0 Å². The zero-order chi connectivity index (χ0) is 22.8. The van der Waals surface area contributed by atoms with Crippen molar-refractivity contribution in [2.45, 2.75) is 26.3 Å². The van der Waals surface area contributed by atoms with Crippen LogP contribution in [0, 0.1) is 19.8 Å². The van der Waals surface area contributed by atoms with Crippen molar-refractivity contribution < 1.29 is 4.79 Å². The van der Waals surface area contributed by atoms with Crippen LogP contribution in [0.1, 0.15) is 29.2 Å². The number of para-hydroxylation sites is 1. The molecule has 1 N–H and O–H groups in total. The van der Waals surface area contributed by atoms with Gasteiger partial charge < -0.3 is 10.2 Å². The maximum absolute atomic E-state index is 13.3. The number of rotatable bonds is 5. The third kappa shape index (κ3) is 4.37. The van der Waals surface area contributed by atoms with Gasteiger partial charge in [-0.2, -0.15) is 0 Å². The number of anilines is 2. The van der Waals surface area contributed by atoms with Gasteiger partial charge in [-0.1, -0.05) is 77.9 Å². The average molecular weight is 434 g/mol. The zero-order valence-electron chi connectivity index (χ0n) is 18.9. The molecule has 0 fully saturated rings. The number of fused-ring (bicyclic) bond motifs is 1. The summed E-state index contributed by atoms with van der Waals surface area (Å²) in [5.74, 6) is 0.759. The summed E-state index contributed by atoms with van der Waals surface area (Å²) >= 11 is 0. The number of Topliss-reactive ketones (excluding diaryl/α,β-unsaturated/α-hetero) is 1. The lowest BCUT2D eigenvalue weighted by Crippen LogP contribution is -2.42. The molecule has 4 nitrogen and oxygen atoms in total. The number of benzene rings is 3. The number of aryl methyl sites for hydroxylation is 2. The molecule has 0 spiro atoms. The molecule has 0 bridgehead atoms. The molecule has 0 aromatic heterocycles. The standard InChI is InChI=1S/C29H27N3O/c1-20-11-15-23(16-12-20)30-29-31-26-10-6-5-9-25(26)27(19-28(33)22-7-3-4-8-22)32(29)24-17-13-21(2)14-18-24/h3-18,22,27H,19H2,1-2H3,(H,30,31)/t27-/m0/s1. The van der Waals surface area contributed by atoms with Gasteiger partial charge in [0.2, 0.25) is 5.96 Å². The first kappa shape index (κ1) is 21.0. The van der Waals surface area contributed by atoms with E-state index in [-0.39, 0.29) is 17.7 Å². The lowest BCUT2D eigenvalue weighted by molar-refractivity contribution is -0.120. The minimum absolute atomic E-state index is 0.163. The van der Waals surface area contributed by atoms with Gasteiger partial charge in [-0.05, 0) is 44.2 Å². The Morgan fingerprint density at radius 2 is 1.52 bits per heavy atom. The SMILES string of the molecule is Cc1ccc(NC2=Nc3ccccc3[C@H](CC(=O)C3C=CC=C3)N2c2ccc(C)cc2)cc1. The molecular formula is C29H27N3O. The molecule has 0 amide bonds. The maximum Gasteiger partial charge on any atom is 0.208 e. The highest BCUT2D eigenvalue weighted by atomic mass is 16.1. The van der Waals surface area contributed by atoms with Crippen LogP contribution in [0.2, 0.25) is 0 Å². The molecule has 3 aromatic carbocycles. The van der Waals surface area contributed by atoms with Crippen molar-refractivity contribution in [3.8, 4) is 0 Å². The quantitative estimate of drug-likeness (QED) is 0.489. The number of carbonyl (C=O) groups is 1. The Hall–Kier alpha value is -3.92. The number of ketones is 1. The Kier molecular flexibility index (Phi) is 5.66. The molecular weight excluding hydrogens is 406 g/mol. The first-order chi connectivity index (χ1) is 16.1. The molecule has 0 radical (unpaired) electrons. The Labute approximate surface area is 195 Å². The summed E-state index contributed by atoms with van der Waals surface area (Å²) < 4.78 is 0. The minimum Gasteiger partial charge on any atom is -0.326 e. The molecule has 0 saturated carbocycles. The van der Waals surface area contributed by atoms with Crippen LogP contribution in [-0.4, -0.2) is 11.7 Å². The number of nitrogens with zero attached hydrogens (tertiary/aromatic N) is 2. The lowest BCUT2D eigenvalue weighted by Gasteiger charge is -2.38. The van der Waals surface area contributed by atoms with Crippen LogP contribution in [0.5, 0.6) is 0 Å². The van der Waals surface area contributed by atoms with Crippen LogP contribution in [0.25, 0.3) is 0 Å². The van der Waals surface area contributed by atoms with Crippen molar-refractivity contribution in [3.05, 3.63) is 114 Å². The highest BCUT2D eigenvalue weighted by Crippen LogP contribution is 2.40. The highest BCUT2D eigenvalue weighted by Gasteiger charge is 2.34. The van der Waals surface area contributed by atoms with Gasteiger partial charge in [-0.15, -0.1) is 0 Å². The van der Waals surface area contributed by atoms with E-state index in [2.05, 4.69) is 78.7 Å². The number of guanidine groups is 1. The summed E-state index contributed by atoms with van der Waals surface area (Å²) in [6.45, 7) is 4.15. The average Bonchev–Trinajstić information content (AvgIpc) is 3.37. The normalized spacial score (nSPS) is 17.1. The van der Waals surface area contributed by atoms with E-state index in [1.165, 1.54) is 11.1 Å². The van der Waals surface area contributed by atoms with Crippen molar-refractivity contribution in [2.24, 2.45) is 10.9 Å². The molecule has 5 rings (SSSR count). The number of hydrogen-bond donors (Lipinski definition) is 1. The van der Waals surface area contributed by atoms with E-state index in [1.807, 2.05) is 42.5 Å². The fourth-order valence-electron chi connectivity index (χ4n) is 4.36. The summed E-state index contributed by atoms with van der Waals surface area (Å²) in [6.07, 6.45) is 8.21. The van der Waals surface area contributed by atoms with Crippen LogP contribution in [0.3, 0.4) is 0 Å². The largest absolute Gasteiger partial charge is 0.326 e. The first-order valence-electron chi connectivity index (χ1n) is 11.3. The fourth-order valence-corrected chi connectivity index (χ4v) is 4.36. The Morgan fingerprint density at radius 1 is 0.879 bits per heavy atom. The van der Waals surface area contributed by atoms with Crippen molar-refractivity contribution in [1.29, 1.82) is 0 Å². The predicted octanol–water partition coefficient (Wildman–Crippen LogP) is 6.67. The monoisotopic (exact) mass is 433 g/mol. The second kappa shape index (κ2) is 8.91. The molecule has 33 heavy (non-hydrogen) atoms. The van der Waals surface area contributed by atoms with Crippen molar-refractivity contribution in [1.82, 2.24) is 0 Å². The maximum atomic E-state index is 13.3. The van der Waals surface area contributed by atoms with Crippen LogP contribution in [0.4, 0.5) is 17.1 Å². The number of carbonyl (C=O) groups excluding carboxylic acids is 1. The molecule has 0 unspecified atom stereocenters. The van der Waals surface area contributed by atoms with E-state index in [0.29, 0.717) is 6.42 Å². The van der Waals surface area contributed by atoms with E-state index in [4.69, 9.17) is 4.99 Å². The Bertz CT molecular complexity index is 1240. The number of hydrogen-bond acceptors (Lipinski definition) is 4. The smallest absolute Gasteiger partial charge is 0.208 e. The van der Waals surface area contributed by atoms with Gasteiger partial charge >= 0.3 is 0 Å². The second-order valence-corrected chi connectivity index (χ2v) is 8.67. The fraction of sp³-hybridized carbons (Fsp3) is 0.172. The van der Waals surface area contributed by atoms with E-state index in [9.17, 15) is 4.79 Å². The summed E-state index contributed by atoms with van der Waals surface area (Å²) in [4.78, 5) is 20.4. The highest BCUT2D eigenvalue weighted by molar-refractivity contribution is 6.09. The molecule has 1 aliphatic carbocycles. The summed E-state index contributed by atoms with van der Waals surface area (Å²) in [5, 5.41) is 3.52. The van der Waals surface area contributed by atoms with Crippen molar-refractivity contribution in [2.75, 3.05) is 10.2 Å². The van der Waals surface area contributed by atoms with E-state index < -0.39 is 0 Å². The van der Waals surface area contributed by atoms with Gasteiger partial charge in [0, 0.05) is 23.4 Å². The molecule has 164 valence electrons. The zero-order valence-corrected chi connectivity index (χ0v) is 18.9. The van der Waals surface area contributed by atoms with Crippen LogP contribution in [-0.2, 0) is 4.79 Å². The second-order valence-electron chi connectivity index (χ2n) is 8.67. The molecule has 1 atom stereocenters. The third-order valence-electron chi connectivity index (χ3n) is 6.20. The summed E-state index contributed by atoms with van der Waals surface area (Å²) in [6, 6.07) is 24.6. The number of aliphatic imine (C=N–C) groups is 1. The lowest BCUT2D eigenvalue weighted by atomic mass is 9.92. The third-order valence-corrected chi connectivity index (χ3v) is 6.20. The van der Waals surface area contributed by atoms with Gasteiger partial charge in [-0.25, -0.2) is 4.99 Å². The molecule has 4 heteroatoms. The van der Waals surface area contributed by atoms with Crippen LogP contribution < -0.4 is 10.2 Å². The Morgan fingerprint density at radius 3 is 2.21 bits per heavy atom. The topological polar surface area (TPSA) is 44.7 Å². The number of nitrogens with one attached hydrogen (secondary N) is 1. The van der Waals surface area contributed by atoms with E-state index in [0.717, 1.165) is 28.6 Å². The molecule has 0 saturated heterocycles. The van der Waals surface area contributed by atoms with Gasteiger partial charge in [0.05, 0.1) is 17.6 Å². The molecule has 3 aromatic rings. The number of allylic oxidation sites excluding steroid dienone is 4. The summed E-state index contributed by atoms with van der Waals surface area (Å²) in [5.41, 5.74) is 6.31. The van der Waals surface area contributed by atoms with Gasteiger partial charge in [0.15, 0.2) is 0 Å². The van der Waals surface area contributed by atoms with E-state index in [1.54, 1.807) is 0 Å². The van der Waals surface area contributed by atoms with Crippen LogP contribution in [0.15, 0.2) is 102 Å². The molecule has 1 heterocycles. The molecule has 2 aliphatic rings. The van der Waals surface area contributed by atoms with E-state index >= 15 is 0 Å². The minimum atomic E-state index is -0.163. The predicted molar refractivity (Wildman–Crippen MR) is 136 cm³/mol. The van der Waals surface area contributed by atoms with Gasteiger partial charge in [-0.3, -0.25) is 4.79 Å². The van der Waals surface area contributed by atoms with Crippen molar-refractivity contribution >= 4 is 28.8 Å². The molecule has 1 aliphatic heterocycles. The Balaban J connectivity index is 1.59. The van der Waals surface area contributed by atoms with Gasteiger partial charge in [0.1, 0.15) is 5.78 Å². The van der Waals surface area contributed by atoms with Crippen LogP contribution >= 0.6 is 0 Å². The van der Waals surface area contributed by atoms with Gasteiger partial charge in [0.25, 0.3) is 0 Å². The first-order valence-corrected chi connectivity index (χ1v) is 11.3.